The summed E-state index contributed by atoms with van der Waals surface area (Å²) in [6.07, 6.45) is 7.51. The fourth-order valence-corrected chi connectivity index (χ4v) is 5.49. The summed E-state index contributed by atoms with van der Waals surface area (Å²) in [6.45, 7) is 0. The maximum Gasteiger partial charge on any atom is 0.0346 e. The van der Waals surface area contributed by atoms with Gasteiger partial charge >= 0.3 is 0 Å². The van der Waals surface area contributed by atoms with E-state index in [-0.39, 0.29) is 0 Å². The molecule has 178 valence electrons. The van der Waals surface area contributed by atoms with Gasteiger partial charge in [-0.2, -0.15) is 0 Å². The van der Waals surface area contributed by atoms with Crippen molar-refractivity contribution in [1.29, 1.82) is 0 Å². The van der Waals surface area contributed by atoms with Crippen LogP contribution >= 0.6 is 0 Å². The van der Waals surface area contributed by atoms with E-state index in [4.69, 9.17) is 0 Å². The van der Waals surface area contributed by atoms with Gasteiger partial charge in [0, 0.05) is 35.9 Å². The number of hydrogen-bond acceptors (Lipinski definition) is 2. The standard InChI is InChI=1S/C36H24N2/c1-3-9-25(10-4-1)35-31-17-15-27(29-13-7-19-37-23-29)21-33(31)36(26-11-5-2-6-12-26)34-22-28(16-18-32(34)35)30-14-8-20-38-24-30/h1-24H. The minimum Gasteiger partial charge on any atom is -0.264 e. The summed E-state index contributed by atoms with van der Waals surface area (Å²) < 4.78 is 0. The molecule has 2 heterocycles. The molecule has 0 atom stereocenters. The molecule has 0 unspecified atom stereocenters. The predicted molar refractivity (Wildman–Crippen MR) is 159 cm³/mol. The van der Waals surface area contributed by atoms with E-state index < -0.39 is 0 Å². The molecule has 0 saturated carbocycles. The van der Waals surface area contributed by atoms with Crippen molar-refractivity contribution in [2.24, 2.45) is 0 Å². The van der Waals surface area contributed by atoms with Crippen LogP contribution in [0.5, 0.6) is 0 Å². The Kier molecular flexibility index (Phi) is 5.49. The normalized spacial score (nSPS) is 11.2. The second-order valence-electron chi connectivity index (χ2n) is 9.49. The van der Waals surface area contributed by atoms with Crippen LogP contribution < -0.4 is 0 Å². The molecule has 0 aliphatic heterocycles. The fourth-order valence-electron chi connectivity index (χ4n) is 5.49. The highest BCUT2D eigenvalue weighted by molar-refractivity contribution is 6.22. The van der Waals surface area contributed by atoms with Crippen LogP contribution in [0.3, 0.4) is 0 Å². The maximum atomic E-state index is 4.38. The first-order chi connectivity index (χ1) is 18.9. The third-order valence-corrected chi connectivity index (χ3v) is 7.23. The Morgan fingerprint density at radius 2 is 0.737 bits per heavy atom. The molecule has 7 aromatic rings. The van der Waals surface area contributed by atoms with Crippen molar-refractivity contribution in [3.8, 4) is 44.5 Å². The highest BCUT2D eigenvalue weighted by Crippen LogP contribution is 2.45. The van der Waals surface area contributed by atoms with Gasteiger partial charge in [-0.05, 0) is 79.2 Å². The van der Waals surface area contributed by atoms with E-state index >= 15 is 0 Å². The van der Waals surface area contributed by atoms with E-state index in [0.717, 1.165) is 22.3 Å². The molecule has 0 saturated heterocycles. The Balaban J connectivity index is 1.65. The van der Waals surface area contributed by atoms with Crippen molar-refractivity contribution >= 4 is 21.5 Å². The summed E-state index contributed by atoms with van der Waals surface area (Å²) in [4.78, 5) is 8.75. The summed E-state index contributed by atoms with van der Waals surface area (Å²) in [5.41, 5.74) is 9.45. The van der Waals surface area contributed by atoms with Gasteiger partial charge in [-0.25, -0.2) is 0 Å². The monoisotopic (exact) mass is 484 g/mol. The lowest BCUT2D eigenvalue weighted by molar-refractivity contribution is 1.33. The lowest BCUT2D eigenvalue weighted by atomic mass is 9.84. The van der Waals surface area contributed by atoms with Crippen LogP contribution in [0.1, 0.15) is 0 Å². The van der Waals surface area contributed by atoms with Crippen molar-refractivity contribution in [3.05, 3.63) is 146 Å². The summed E-state index contributed by atoms with van der Waals surface area (Å²) in [5, 5.41) is 4.94. The molecule has 7 rings (SSSR count). The van der Waals surface area contributed by atoms with Crippen LogP contribution in [0.25, 0.3) is 66.1 Å². The zero-order valence-electron chi connectivity index (χ0n) is 20.8. The second-order valence-corrected chi connectivity index (χ2v) is 9.49. The number of rotatable bonds is 4. The number of aromatic nitrogens is 2. The van der Waals surface area contributed by atoms with E-state index in [1.807, 2.05) is 36.9 Å². The summed E-state index contributed by atoms with van der Waals surface area (Å²) in [6, 6.07) is 43.4. The molecular weight excluding hydrogens is 460 g/mol. The van der Waals surface area contributed by atoms with Crippen molar-refractivity contribution in [2.75, 3.05) is 0 Å². The van der Waals surface area contributed by atoms with Crippen molar-refractivity contribution < 1.29 is 0 Å². The average Bonchev–Trinajstić information content (AvgIpc) is 3.01. The topological polar surface area (TPSA) is 25.8 Å². The minimum absolute atomic E-state index is 1.11. The molecule has 0 aliphatic carbocycles. The Labute approximate surface area is 221 Å². The number of benzene rings is 5. The third-order valence-electron chi connectivity index (χ3n) is 7.23. The van der Waals surface area contributed by atoms with E-state index in [9.17, 15) is 0 Å². The lowest BCUT2D eigenvalue weighted by Crippen LogP contribution is -1.92. The molecule has 2 heteroatoms. The van der Waals surface area contributed by atoms with Gasteiger partial charge in [0.05, 0.1) is 0 Å². The SMILES string of the molecule is c1ccc(-c2c3ccc(-c4cccnc4)cc3c(-c3ccccc3)c3cc(-c4cccnc4)ccc23)cc1. The highest BCUT2D eigenvalue weighted by atomic mass is 14.6. The fraction of sp³-hybridized carbons (Fsp3) is 0. The number of fused-ring (bicyclic) bond motifs is 2. The van der Waals surface area contributed by atoms with E-state index in [0.29, 0.717) is 0 Å². The molecule has 5 aromatic carbocycles. The number of nitrogens with zero attached hydrogens (tertiary/aromatic N) is 2. The van der Waals surface area contributed by atoms with Gasteiger partial charge in [-0.3, -0.25) is 9.97 Å². The first-order valence-electron chi connectivity index (χ1n) is 12.8. The van der Waals surface area contributed by atoms with E-state index in [2.05, 4.69) is 119 Å². The number of pyridine rings is 2. The highest BCUT2D eigenvalue weighted by Gasteiger charge is 2.18. The molecule has 0 aliphatic rings. The van der Waals surface area contributed by atoms with Gasteiger partial charge < -0.3 is 0 Å². The molecule has 0 N–H and O–H groups in total. The Morgan fingerprint density at radius 3 is 1.16 bits per heavy atom. The first kappa shape index (κ1) is 22.1. The minimum atomic E-state index is 1.11. The summed E-state index contributed by atoms with van der Waals surface area (Å²) in [7, 11) is 0. The van der Waals surface area contributed by atoms with Gasteiger partial charge in [0.15, 0.2) is 0 Å². The molecule has 2 nitrogen and oxygen atoms in total. The second kappa shape index (κ2) is 9.42. The molecule has 38 heavy (non-hydrogen) atoms. The van der Waals surface area contributed by atoms with Crippen LogP contribution in [0.15, 0.2) is 146 Å². The largest absolute Gasteiger partial charge is 0.264 e. The van der Waals surface area contributed by atoms with E-state index in [1.54, 1.807) is 0 Å². The summed E-state index contributed by atoms with van der Waals surface area (Å²) in [5.74, 6) is 0. The molecule has 0 bridgehead atoms. The molecule has 0 amide bonds. The lowest BCUT2D eigenvalue weighted by Gasteiger charge is -2.19. The predicted octanol–water partition coefficient (Wildman–Crippen LogP) is 9.45. The Bertz CT molecular complexity index is 1780. The molecule has 0 radical (unpaired) electrons. The van der Waals surface area contributed by atoms with Crippen LogP contribution in [0.4, 0.5) is 0 Å². The quantitative estimate of drug-likeness (QED) is 0.233. The van der Waals surface area contributed by atoms with Gasteiger partial charge in [0.1, 0.15) is 0 Å². The number of hydrogen-bond donors (Lipinski definition) is 0. The van der Waals surface area contributed by atoms with Crippen LogP contribution in [-0.2, 0) is 0 Å². The third kappa shape index (κ3) is 3.84. The molecule has 0 fully saturated rings. The van der Waals surface area contributed by atoms with Gasteiger partial charge in [0.25, 0.3) is 0 Å². The molecule has 0 spiro atoms. The Hall–Kier alpha value is -5.08. The van der Waals surface area contributed by atoms with Gasteiger partial charge in [0.2, 0.25) is 0 Å². The maximum absolute atomic E-state index is 4.38. The average molecular weight is 485 g/mol. The van der Waals surface area contributed by atoms with Crippen molar-refractivity contribution in [3.63, 3.8) is 0 Å². The molecular formula is C36H24N2. The van der Waals surface area contributed by atoms with Crippen molar-refractivity contribution in [1.82, 2.24) is 9.97 Å². The first-order valence-corrected chi connectivity index (χ1v) is 12.8. The smallest absolute Gasteiger partial charge is 0.0346 e. The van der Waals surface area contributed by atoms with Gasteiger partial charge in [-0.15, -0.1) is 0 Å². The van der Waals surface area contributed by atoms with E-state index in [1.165, 1.54) is 43.8 Å². The zero-order chi connectivity index (χ0) is 25.3. The molecule has 2 aromatic heterocycles. The van der Waals surface area contributed by atoms with Gasteiger partial charge in [-0.1, -0.05) is 97.1 Å². The zero-order valence-corrected chi connectivity index (χ0v) is 20.8. The summed E-state index contributed by atoms with van der Waals surface area (Å²) >= 11 is 0. The van der Waals surface area contributed by atoms with Crippen LogP contribution in [0.2, 0.25) is 0 Å². The van der Waals surface area contributed by atoms with Crippen LogP contribution in [0, 0.1) is 0 Å². The Morgan fingerprint density at radius 1 is 0.316 bits per heavy atom. The van der Waals surface area contributed by atoms with Crippen molar-refractivity contribution in [2.45, 2.75) is 0 Å². The van der Waals surface area contributed by atoms with Crippen LogP contribution in [-0.4, -0.2) is 9.97 Å².